The Hall–Kier alpha value is -2.10. The number of benzene rings is 2. The number of nitrogens with zero attached hydrogens (tertiary/aromatic N) is 2. The highest BCUT2D eigenvalue weighted by Gasteiger charge is 2.10. The van der Waals surface area contributed by atoms with E-state index in [1.165, 1.54) is 40.6 Å². The summed E-state index contributed by atoms with van der Waals surface area (Å²) in [6, 6.07) is 18.0. The largest absolute Gasteiger partial charge is 0.379 e. The fourth-order valence-electron chi connectivity index (χ4n) is 3.74. The maximum Gasteiger partial charge on any atom is 0.0594 e. The van der Waals surface area contributed by atoms with Gasteiger partial charge in [-0.05, 0) is 55.0 Å². The van der Waals surface area contributed by atoms with E-state index in [1.807, 2.05) is 0 Å². The van der Waals surface area contributed by atoms with Gasteiger partial charge < -0.3 is 9.30 Å². The van der Waals surface area contributed by atoms with E-state index in [1.54, 1.807) is 0 Å². The summed E-state index contributed by atoms with van der Waals surface area (Å²) in [4.78, 5) is 2.52. The van der Waals surface area contributed by atoms with E-state index in [9.17, 15) is 0 Å². The van der Waals surface area contributed by atoms with E-state index in [0.29, 0.717) is 0 Å². The van der Waals surface area contributed by atoms with Gasteiger partial charge in [0.15, 0.2) is 0 Å². The smallest absolute Gasteiger partial charge is 0.0594 e. The van der Waals surface area contributed by atoms with E-state index >= 15 is 0 Å². The lowest BCUT2D eigenvalue weighted by Crippen LogP contribution is -2.36. The third-order valence-electron chi connectivity index (χ3n) is 5.36. The van der Waals surface area contributed by atoms with Gasteiger partial charge in [0.2, 0.25) is 0 Å². The molecular weight excluding hydrogens is 320 g/mol. The highest BCUT2D eigenvalue weighted by atomic mass is 16.5. The second-order valence-corrected chi connectivity index (χ2v) is 7.38. The van der Waals surface area contributed by atoms with E-state index in [0.717, 1.165) is 39.3 Å². The van der Waals surface area contributed by atoms with Crippen LogP contribution < -0.4 is 0 Å². The summed E-state index contributed by atoms with van der Waals surface area (Å²) < 4.78 is 7.79. The lowest BCUT2D eigenvalue weighted by atomic mass is 10.1. The van der Waals surface area contributed by atoms with Gasteiger partial charge in [-0.3, -0.25) is 4.90 Å². The second-order valence-electron chi connectivity index (χ2n) is 7.38. The van der Waals surface area contributed by atoms with Gasteiger partial charge in [0.1, 0.15) is 0 Å². The molecule has 1 aromatic heterocycles. The fraction of sp³-hybridized carbons (Fsp3) is 0.391. The Morgan fingerprint density at radius 1 is 0.923 bits per heavy atom. The molecule has 2 aromatic carbocycles. The van der Waals surface area contributed by atoms with Gasteiger partial charge in [0.25, 0.3) is 0 Å². The lowest BCUT2D eigenvalue weighted by molar-refractivity contribution is 0.0375. The summed E-state index contributed by atoms with van der Waals surface area (Å²) in [7, 11) is 0. The topological polar surface area (TPSA) is 17.4 Å². The quantitative estimate of drug-likeness (QED) is 0.662. The Morgan fingerprint density at radius 2 is 1.69 bits per heavy atom. The van der Waals surface area contributed by atoms with Crippen molar-refractivity contribution in [3.8, 4) is 0 Å². The van der Waals surface area contributed by atoms with Crippen LogP contribution in [0.5, 0.6) is 0 Å². The number of aromatic nitrogens is 1. The minimum atomic E-state index is 0.887. The van der Waals surface area contributed by atoms with Crippen molar-refractivity contribution in [2.24, 2.45) is 0 Å². The van der Waals surface area contributed by atoms with Gasteiger partial charge in [0.05, 0.1) is 13.2 Å². The predicted octanol–water partition coefficient (Wildman–Crippen LogP) is 4.26. The monoisotopic (exact) mass is 348 g/mol. The van der Waals surface area contributed by atoms with Crippen molar-refractivity contribution >= 4 is 10.9 Å². The highest BCUT2D eigenvalue weighted by molar-refractivity contribution is 5.81. The summed E-state index contributed by atoms with van der Waals surface area (Å²) in [5.41, 5.74) is 5.45. The number of morpholine rings is 1. The van der Waals surface area contributed by atoms with Crippen molar-refractivity contribution in [1.82, 2.24) is 9.47 Å². The van der Waals surface area contributed by atoms with Crippen LogP contribution in [0.3, 0.4) is 0 Å². The van der Waals surface area contributed by atoms with Crippen LogP contribution in [0.4, 0.5) is 0 Å². The van der Waals surface area contributed by atoms with E-state index < -0.39 is 0 Å². The molecule has 3 heteroatoms. The Balaban J connectivity index is 1.43. The average Bonchev–Trinajstić information content (AvgIpc) is 3.07. The number of hydrogen-bond acceptors (Lipinski definition) is 2. The van der Waals surface area contributed by atoms with Crippen molar-refractivity contribution < 1.29 is 4.74 Å². The van der Waals surface area contributed by atoms with Gasteiger partial charge in [-0.1, -0.05) is 42.0 Å². The first kappa shape index (κ1) is 17.3. The minimum absolute atomic E-state index is 0.887. The normalized spacial score (nSPS) is 15.6. The van der Waals surface area contributed by atoms with Gasteiger partial charge >= 0.3 is 0 Å². The van der Waals surface area contributed by atoms with Gasteiger partial charge in [-0.15, -0.1) is 0 Å². The number of rotatable bonds is 6. The molecule has 0 bridgehead atoms. The molecule has 0 radical (unpaired) electrons. The Labute approximate surface area is 156 Å². The first-order chi connectivity index (χ1) is 12.8. The molecule has 0 unspecified atom stereocenters. The third-order valence-corrected chi connectivity index (χ3v) is 5.36. The average molecular weight is 348 g/mol. The molecule has 4 rings (SSSR count). The Morgan fingerprint density at radius 3 is 2.50 bits per heavy atom. The molecule has 3 nitrogen and oxygen atoms in total. The fourth-order valence-corrected chi connectivity index (χ4v) is 3.74. The van der Waals surface area contributed by atoms with Crippen LogP contribution in [0.15, 0.2) is 54.7 Å². The zero-order valence-electron chi connectivity index (χ0n) is 15.7. The molecule has 0 N–H and O–H groups in total. The molecule has 1 aliphatic heterocycles. The van der Waals surface area contributed by atoms with Crippen LogP contribution in [0.25, 0.3) is 10.9 Å². The molecule has 0 aliphatic carbocycles. The molecule has 2 heterocycles. The van der Waals surface area contributed by atoms with Crippen molar-refractivity contribution in [3.05, 3.63) is 71.4 Å². The lowest BCUT2D eigenvalue weighted by Gasteiger charge is -2.26. The molecule has 0 amide bonds. The maximum absolute atomic E-state index is 5.43. The van der Waals surface area contributed by atoms with Crippen LogP contribution in [0.2, 0.25) is 0 Å². The number of ether oxygens (including phenoxy) is 1. The van der Waals surface area contributed by atoms with E-state index in [2.05, 4.69) is 71.1 Å². The van der Waals surface area contributed by atoms with Crippen molar-refractivity contribution in [2.75, 3.05) is 32.8 Å². The van der Waals surface area contributed by atoms with Crippen molar-refractivity contribution in [3.63, 3.8) is 0 Å². The molecule has 1 aliphatic rings. The summed E-state index contributed by atoms with van der Waals surface area (Å²) in [5, 5.41) is 1.33. The molecule has 1 saturated heterocycles. The molecule has 0 spiro atoms. The maximum atomic E-state index is 5.43. The van der Waals surface area contributed by atoms with Crippen LogP contribution in [-0.2, 0) is 17.7 Å². The molecule has 3 aromatic rings. The van der Waals surface area contributed by atoms with Crippen LogP contribution in [0.1, 0.15) is 23.1 Å². The van der Waals surface area contributed by atoms with Gasteiger partial charge in [-0.2, -0.15) is 0 Å². The zero-order chi connectivity index (χ0) is 17.8. The molecule has 0 saturated carbocycles. The second kappa shape index (κ2) is 8.07. The molecule has 26 heavy (non-hydrogen) atoms. The van der Waals surface area contributed by atoms with E-state index in [-0.39, 0.29) is 0 Å². The van der Waals surface area contributed by atoms with Gasteiger partial charge in [0, 0.05) is 31.3 Å². The summed E-state index contributed by atoms with van der Waals surface area (Å²) in [6.07, 6.45) is 4.56. The minimum Gasteiger partial charge on any atom is -0.379 e. The zero-order valence-corrected chi connectivity index (χ0v) is 15.7. The first-order valence-corrected chi connectivity index (χ1v) is 9.71. The molecular formula is C23H28N2O. The SMILES string of the molecule is Cc1ccc(Cn2ccc3ccc(CCCN4CCOCC4)cc32)cc1. The van der Waals surface area contributed by atoms with Crippen LogP contribution in [0, 0.1) is 6.92 Å². The molecule has 136 valence electrons. The number of hydrogen-bond donors (Lipinski definition) is 0. The highest BCUT2D eigenvalue weighted by Crippen LogP contribution is 2.20. The number of aryl methyl sites for hydroxylation is 2. The summed E-state index contributed by atoms with van der Waals surface area (Å²) >= 11 is 0. The van der Waals surface area contributed by atoms with E-state index in [4.69, 9.17) is 4.74 Å². The predicted molar refractivity (Wildman–Crippen MR) is 108 cm³/mol. The van der Waals surface area contributed by atoms with Crippen molar-refractivity contribution in [1.29, 1.82) is 0 Å². The van der Waals surface area contributed by atoms with Gasteiger partial charge in [-0.25, -0.2) is 0 Å². The molecule has 0 atom stereocenters. The standard InChI is InChI=1S/C23H28N2O/c1-19-4-6-21(7-5-19)18-25-12-10-22-9-8-20(17-23(22)25)3-2-11-24-13-15-26-16-14-24/h4-10,12,17H,2-3,11,13-16,18H2,1H3. The molecule has 1 fully saturated rings. The van der Waals surface area contributed by atoms with Crippen LogP contribution in [-0.4, -0.2) is 42.3 Å². The van der Waals surface area contributed by atoms with Crippen LogP contribution >= 0.6 is 0 Å². The summed E-state index contributed by atoms with van der Waals surface area (Å²) in [5.74, 6) is 0. The Bertz CT molecular complexity index is 844. The van der Waals surface area contributed by atoms with Crippen molar-refractivity contribution in [2.45, 2.75) is 26.3 Å². The first-order valence-electron chi connectivity index (χ1n) is 9.71. The Kier molecular flexibility index (Phi) is 5.37. The third kappa shape index (κ3) is 4.17. The number of fused-ring (bicyclic) bond motifs is 1. The summed E-state index contributed by atoms with van der Waals surface area (Å²) in [6.45, 7) is 8.18.